The van der Waals surface area contributed by atoms with E-state index >= 15 is 0 Å². The van der Waals surface area contributed by atoms with Crippen LogP contribution in [0.5, 0.6) is 0 Å². The van der Waals surface area contributed by atoms with Crippen molar-refractivity contribution in [2.24, 2.45) is 0 Å². The van der Waals surface area contributed by atoms with Gasteiger partial charge in [0.2, 0.25) is 10.0 Å². The maximum absolute atomic E-state index is 12.3. The van der Waals surface area contributed by atoms with Gasteiger partial charge in [-0.2, -0.15) is 0 Å². The smallest absolute Gasteiger partial charge is 0.407 e. The number of amides is 1. The van der Waals surface area contributed by atoms with Crippen LogP contribution >= 0.6 is 0 Å². The first-order valence-corrected chi connectivity index (χ1v) is 9.08. The van der Waals surface area contributed by atoms with Crippen LogP contribution in [-0.2, 0) is 14.8 Å². The highest BCUT2D eigenvalue weighted by atomic mass is 32.2. The number of sulfonamides is 1. The number of hydrogen-bond donors (Lipinski definition) is 2. The Hall–Kier alpha value is -1.64. The van der Waals surface area contributed by atoms with Gasteiger partial charge in [-0.15, -0.1) is 0 Å². The molecule has 0 saturated carbocycles. The van der Waals surface area contributed by atoms with Gasteiger partial charge in [-0.1, -0.05) is 18.2 Å². The van der Waals surface area contributed by atoms with Crippen molar-refractivity contribution in [1.82, 2.24) is 9.62 Å². The van der Waals surface area contributed by atoms with Gasteiger partial charge >= 0.3 is 6.09 Å². The molecule has 7 nitrogen and oxygen atoms in total. The number of likely N-dealkylation sites (tertiary alicyclic amines) is 1. The predicted octanol–water partition coefficient (Wildman–Crippen LogP) is 1.27. The van der Waals surface area contributed by atoms with Crippen molar-refractivity contribution in [1.29, 1.82) is 0 Å². The first-order valence-electron chi connectivity index (χ1n) is 7.59. The average Bonchev–Trinajstić information content (AvgIpc) is 2.90. The van der Waals surface area contributed by atoms with Gasteiger partial charge in [-0.25, -0.2) is 17.9 Å². The summed E-state index contributed by atoms with van der Waals surface area (Å²) in [7, 11) is -3.56. The summed E-state index contributed by atoms with van der Waals surface area (Å²) in [4.78, 5) is 12.6. The van der Waals surface area contributed by atoms with E-state index in [2.05, 4.69) is 4.72 Å². The molecule has 1 spiro atoms. The second kappa shape index (κ2) is 6.10. The number of benzene rings is 1. The molecule has 0 aliphatic carbocycles. The Balaban J connectivity index is 1.62. The van der Waals surface area contributed by atoms with Crippen LogP contribution in [0.25, 0.3) is 0 Å². The molecule has 3 rings (SSSR count). The van der Waals surface area contributed by atoms with Crippen LogP contribution < -0.4 is 4.72 Å². The Morgan fingerprint density at radius 3 is 2.52 bits per heavy atom. The molecule has 2 N–H and O–H groups in total. The average molecular weight is 340 g/mol. The molecule has 2 heterocycles. The third-order valence-corrected chi connectivity index (χ3v) is 6.07. The zero-order chi connectivity index (χ0) is 16.5. The van der Waals surface area contributed by atoms with Gasteiger partial charge in [0.25, 0.3) is 0 Å². The molecule has 2 aliphatic heterocycles. The lowest BCUT2D eigenvalue weighted by atomic mass is 9.88. The number of piperidine rings is 1. The van der Waals surface area contributed by atoms with Crippen molar-refractivity contribution in [3.63, 3.8) is 0 Å². The molecule has 0 bridgehead atoms. The molecule has 0 aromatic heterocycles. The highest BCUT2D eigenvalue weighted by Crippen LogP contribution is 2.36. The molecule has 2 saturated heterocycles. The maximum Gasteiger partial charge on any atom is 0.407 e. The fraction of sp³-hybridized carbons (Fsp3) is 0.533. The van der Waals surface area contributed by atoms with E-state index in [4.69, 9.17) is 9.84 Å². The van der Waals surface area contributed by atoms with Crippen LogP contribution in [0, 0.1) is 0 Å². The van der Waals surface area contributed by atoms with Crippen LogP contribution in [0.4, 0.5) is 4.79 Å². The van der Waals surface area contributed by atoms with Crippen LogP contribution in [-0.4, -0.2) is 55.9 Å². The fourth-order valence-corrected chi connectivity index (χ4v) is 4.50. The number of ether oxygens (including phenoxy) is 1. The van der Waals surface area contributed by atoms with Gasteiger partial charge < -0.3 is 14.7 Å². The zero-order valence-corrected chi connectivity index (χ0v) is 13.5. The van der Waals surface area contributed by atoms with E-state index in [1.807, 2.05) is 0 Å². The SMILES string of the molecule is O=C(O)N1CCC2(CC1)C[C@@H](NS(=O)(=O)c1ccccc1)CO2. The minimum Gasteiger partial charge on any atom is -0.465 e. The van der Waals surface area contributed by atoms with Crippen LogP contribution in [0.15, 0.2) is 35.2 Å². The van der Waals surface area contributed by atoms with Crippen molar-refractivity contribution in [3.8, 4) is 0 Å². The van der Waals surface area contributed by atoms with E-state index in [1.165, 1.54) is 4.90 Å². The fourth-order valence-electron chi connectivity index (χ4n) is 3.26. The number of nitrogens with one attached hydrogen (secondary N) is 1. The molecule has 2 fully saturated rings. The Morgan fingerprint density at radius 2 is 1.91 bits per heavy atom. The molecule has 1 amide bonds. The van der Waals surface area contributed by atoms with Gasteiger partial charge in [0.15, 0.2) is 0 Å². The van der Waals surface area contributed by atoms with Crippen molar-refractivity contribution in [2.45, 2.75) is 35.8 Å². The van der Waals surface area contributed by atoms with Gasteiger partial charge in [0.05, 0.1) is 17.1 Å². The number of hydrogen-bond acceptors (Lipinski definition) is 4. The predicted molar refractivity (Wildman–Crippen MR) is 82.7 cm³/mol. The van der Waals surface area contributed by atoms with E-state index < -0.39 is 21.7 Å². The summed E-state index contributed by atoms with van der Waals surface area (Å²) < 4.78 is 33.2. The summed E-state index contributed by atoms with van der Waals surface area (Å²) in [5, 5.41) is 8.99. The minimum absolute atomic E-state index is 0.238. The third-order valence-electron chi connectivity index (χ3n) is 4.53. The molecule has 23 heavy (non-hydrogen) atoms. The molecule has 0 radical (unpaired) electrons. The molecule has 1 aromatic carbocycles. The molecule has 1 atom stereocenters. The summed E-state index contributed by atoms with van der Waals surface area (Å²) in [6.07, 6.45) is 0.859. The van der Waals surface area contributed by atoms with Crippen molar-refractivity contribution >= 4 is 16.1 Å². The largest absolute Gasteiger partial charge is 0.465 e. The van der Waals surface area contributed by atoms with Gasteiger partial charge in [-0.3, -0.25) is 0 Å². The lowest BCUT2D eigenvalue weighted by Crippen LogP contribution is -2.46. The van der Waals surface area contributed by atoms with Gasteiger partial charge in [0, 0.05) is 19.1 Å². The molecular weight excluding hydrogens is 320 g/mol. The summed E-state index contributed by atoms with van der Waals surface area (Å²) in [6.45, 7) is 1.17. The van der Waals surface area contributed by atoms with Gasteiger partial charge in [0.1, 0.15) is 0 Å². The van der Waals surface area contributed by atoms with Crippen molar-refractivity contribution in [3.05, 3.63) is 30.3 Å². The van der Waals surface area contributed by atoms with Crippen LogP contribution in [0.3, 0.4) is 0 Å². The molecule has 1 aromatic rings. The summed E-state index contributed by atoms with van der Waals surface area (Å²) in [6, 6.07) is 7.96. The van der Waals surface area contributed by atoms with E-state index in [0.29, 0.717) is 39.0 Å². The van der Waals surface area contributed by atoms with E-state index in [9.17, 15) is 13.2 Å². The number of carbonyl (C=O) groups is 1. The third kappa shape index (κ3) is 3.49. The van der Waals surface area contributed by atoms with Crippen molar-refractivity contribution < 1.29 is 23.1 Å². The Bertz CT molecular complexity index is 668. The van der Waals surface area contributed by atoms with Crippen LogP contribution in [0.2, 0.25) is 0 Å². The summed E-state index contributed by atoms with van der Waals surface area (Å²) in [5.74, 6) is 0. The maximum atomic E-state index is 12.3. The van der Waals surface area contributed by atoms with Crippen LogP contribution in [0.1, 0.15) is 19.3 Å². The van der Waals surface area contributed by atoms with Crippen molar-refractivity contribution in [2.75, 3.05) is 19.7 Å². The minimum atomic E-state index is -3.56. The standard InChI is InChI=1S/C15H20N2O5S/c18-14(19)17-8-6-15(7-9-17)10-12(11-22-15)16-23(20,21)13-4-2-1-3-5-13/h1-5,12,16H,6-11H2,(H,18,19)/t12-/m1/s1. The Morgan fingerprint density at radius 1 is 1.26 bits per heavy atom. The normalized spacial score (nSPS) is 24.0. The topological polar surface area (TPSA) is 95.9 Å². The van der Waals surface area contributed by atoms with E-state index in [0.717, 1.165) is 0 Å². The van der Waals surface area contributed by atoms with E-state index in [1.54, 1.807) is 30.3 Å². The summed E-state index contributed by atoms with van der Waals surface area (Å²) in [5.41, 5.74) is -0.407. The Kier molecular flexibility index (Phi) is 4.31. The lowest BCUT2D eigenvalue weighted by Gasteiger charge is -2.37. The summed E-state index contributed by atoms with van der Waals surface area (Å²) >= 11 is 0. The number of carboxylic acid groups (broad SMARTS) is 1. The number of rotatable bonds is 3. The molecular formula is C15H20N2O5S. The number of nitrogens with zero attached hydrogens (tertiary/aromatic N) is 1. The monoisotopic (exact) mass is 340 g/mol. The second-order valence-corrected chi connectivity index (χ2v) is 7.81. The highest BCUT2D eigenvalue weighted by Gasteiger charge is 2.44. The molecule has 2 aliphatic rings. The second-order valence-electron chi connectivity index (χ2n) is 6.10. The molecule has 126 valence electrons. The molecule has 8 heteroatoms. The Labute approximate surface area is 135 Å². The quantitative estimate of drug-likeness (QED) is 0.864. The lowest BCUT2D eigenvalue weighted by molar-refractivity contribution is -0.0394. The zero-order valence-electron chi connectivity index (χ0n) is 12.6. The first kappa shape index (κ1) is 16.2. The first-order chi connectivity index (χ1) is 10.9. The highest BCUT2D eigenvalue weighted by molar-refractivity contribution is 7.89. The molecule has 0 unspecified atom stereocenters. The van der Waals surface area contributed by atoms with Gasteiger partial charge in [-0.05, 0) is 31.4 Å². The van der Waals surface area contributed by atoms with E-state index in [-0.39, 0.29) is 10.9 Å².